The molecule has 17 heavy (non-hydrogen) atoms. The van der Waals surface area contributed by atoms with Gasteiger partial charge in [0.25, 0.3) is 0 Å². The average molecular weight is 296 g/mol. The van der Waals surface area contributed by atoms with Gasteiger partial charge in [-0.2, -0.15) is 4.98 Å². The van der Waals surface area contributed by atoms with Crippen molar-refractivity contribution in [2.75, 3.05) is 0 Å². The summed E-state index contributed by atoms with van der Waals surface area (Å²) in [5, 5.41) is 7.19. The van der Waals surface area contributed by atoms with E-state index in [4.69, 9.17) is 4.52 Å². The average Bonchev–Trinajstić information content (AvgIpc) is 2.72. The molecule has 0 aliphatic rings. The Morgan fingerprint density at radius 2 is 2.29 bits per heavy atom. The summed E-state index contributed by atoms with van der Waals surface area (Å²) in [7, 11) is 0. The van der Waals surface area contributed by atoms with E-state index in [1.165, 1.54) is 5.56 Å². The van der Waals surface area contributed by atoms with Crippen LogP contribution in [0.4, 0.5) is 0 Å². The highest BCUT2D eigenvalue weighted by atomic mass is 79.9. The van der Waals surface area contributed by atoms with Gasteiger partial charge in [-0.3, -0.25) is 0 Å². The van der Waals surface area contributed by atoms with Crippen molar-refractivity contribution in [3.05, 3.63) is 46.0 Å². The van der Waals surface area contributed by atoms with Crippen molar-refractivity contribution in [1.82, 2.24) is 15.5 Å². The second-order valence-electron chi connectivity index (χ2n) is 3.89. The van der Waals surface area contributed by atoms with Gasteiger partial charge in [-0.1, -0.05) is 33.2 Å². The molecule has 90 valence electrons. The Balaban J connectivity index is 1.95. The Bertz CT molecular complexity index is 498. The zero-order chi connectivity index (χ0) is 12.3. The maximum Gasteiger partial charge on any atom is 0.223 e. The molecule has 0 radical (unpaired) electrons. The number of halogens is 1. The summed E-state index contributed by atoms with van der Waals surface area (Å²) >= 11 is 3.46. The van der Waals surface area contributed by atoms with E-state index in [1.54, 1.807) is 6.92 Å². The van der Waals surface area contributed by atoms with Crippen LogP contribution in [0.3, 0.4) is 0 Å². The molecule has 1 atom stereocenters. The molecule has 1 N–H and O–H groups in total. The van der Waals surface area contributed by atoms with Gasteiger partial charge in [-0.15, -0.1) is 0 Å². The Morgan fingerprint density at radius 1 is 1.47 bits per heavy atom. The predicted octanol–water partition coefficient (Wildman–Crippen LogP) is 2.99. The molecule has 0 spiro atoms. The van der Waals surface area contributed by atoms with Crippen molar-refractivity contribution in [2.24, 2.45) is 0 Å². The van der Waals surface area contributed by atoms with Crippen molar-refractivity contribution in [3.63, 3.8) is 0 Å². The largest absolute Gasteiger partial charge is 0.340 e. The van der Waals surface area contributed by atoms with Gasteiger partial charge in [0, 0.05) is 17.4 Å². The van der Waals surface area contributed by atoms with E-state index >= 15 is 0 Å². The lowest BCUT2D eigenvalue weighted by Crippen LogP contribution is -2.18. The Kier molecular flexibility index (Phi) is 3.91. The lowest BCUT2D eigenvalue weighted by molar-refractivity contribution is 0.384. The van der Waals surface area contributed by atoms with Crippen LogP contribution >= 0.6 is 15.9 Å². The van der Waals surface area contributed by atoms with Gasteiger partial charge in [-0.05, 0) is 24.6 Å². The van der Waals surface area contributed by atoms with Crippen LogP contribution in [0, 0.1) is 6.92 Å². The van der Waals surface area contributed by atoms with E-state index in [1.807, 2.05) is 12.1 Å². The van der Waals surface area contributed by atoms with Crippen molar-refractivity contribution in [3.8, 4) is 0 Å². The molecule has 5 heteroatoms. The molecular weight excluding hydrogens is 282 g/mol. The van der Waals surface area contributed by atoms with Crippen molar-refractivity contribution < 1.29 is 4.52 Å². The van der Waals surface area contributed by atoms with Crippen LogP contribution in [0.15, 0.2) is 33.3 Å². The van der Waals surface area contributed by atoms with Crippen LogP contribution < -0.4 is 5.32 Å². The highest BCUT2D eigenvalue weighted by Crippen LogP contribution is 2.17. The molecule has 2 rings (SSSR count). The highest BCUT2D eigenvalue weighted by Gasteiger charge is 2.07. The molecule has 0 saturated heterocycles. The quantitative estimate of drug-likeness (QED) is 0.942. The van der Waals surface area contributed by atoms with Crippen molar-refractivity contribution in [2.45, 2.75) is 26.4 Å². The smallest absolute Gasteiger partial charge is 0.223 e. The molecule has 4 nitrogen and oxygen atoms in total. The van der Waals surface area contributed by atoms with Crippen molar-refractivity contribution >= 4 is 15.9 Å². The topological polar surface area (TPSA) is 51.0 Å². The van der Waals surface area contributed by atoms with Gasteiger partial charge >= 0.3 is 0 Å². The summed E-state index contributed by atoms with van der Waals surface area (Å²) in [6.45, 7) is 4.49. The number of nitrogens with one attached hydrogen (secondary N) is 1. The van der Waals surface area contributed by atoms with Crippen LogP contribution in [-0.2, 0) is 6.54 Å². The number of aromatic nitrogens is 2. The highest BCUT2D eigenvalue weighted by molar-refractivity contribution is 9.10. The minimum absolute atomic E-state index is 0.242. The molecule has 0 bridgehead atoms. The molecule has 1 heterocycles. The van der Waals surface area contributed by atoms with Crippen LogP contribution in [0.25, 0.3) is 0 Å². The maximum absolute atomic E-state index is 4.91. The number of aryl methyl sites for hydroxylation is 1. The summed E-state index contributed by atoms with van der Waals surface area (Å²) in [5.41, 5.74) is 1.22. The predicted molar refractivity (Wildman–Crippen MR) is 68.4 cm³/mol. The summed E-state index contributed by atoms with van der Waals surface area (Å²) in [5.74, 6) is 1.28. The number of nitrogens with zero attached hydrogens (tertiary/aromatic N) is 2. The number of hydrogen-bond donors (Lipinski definition) is 1. The minimum atomic E-state index is 0.242. The van der Waals surface area contributed by atoms with E-state index in [0.29, 0.717) is 18.3 Å². The fourth-order valence-corrected chi connectivity index (χ4v) is 1.97. The van der Waals surface area contributed by atoms with Crippen molar-refractivity contribution in [1.29, 1.82) is 0 Å². The summed E-state index contributed by atoms with van der Waals surface area (Å²) in [6.07, 6.45) is 0. The maximum atomic E-state index is 4.91. The second kappa shape index (κ2) is 5.42. The van der Waals surface area contributed by atoms with E-state index in [9.17, 15) is 0 Å². The fraction of sp³-hybridized carbons (Fsp3) is 0.333. The summed E-state index contributed by atoms with van der Waals surface area (Å²) in [6, 6.07) is 8.46. The van der Waals surface area contributed by atoms with Gasteiger partial charge in [0.05, 0.1) is 6.54 Å². The van der Waals surface area contributed by atoms with Crippen LogP contribution in [0.1, 0.15) is 30.2 Å². The Hall–Kier alpha value is -1.20. The van der Waals surface area contributed by atoms with Gasteiger partial charge < -0.3 is 9.84 Å². The van der Waals surface area contributed by atoms with E-state index in [0.717, 1.165) is 4.47 Å². The standard InChI is InChI=1S/C12H14BrN3O/c1-8(10-4-3-5-11(13)6-10)14-7-12-15-9(2)17-16-12/h3-6,8,14H,7H2,1-2H3/t8-/m1/s1. The first-order valence-electron chi connectivity index (χ1n) is 5.43. The third-order valence-corrected chi connectivity index (χ3v) is 2.98. The molecule has 0 unspecified atom stereocenters. The second-order valence-corrected chi connectivity index (χ2v) is 4.80. The van der Waals surface area contributed by atoms with Crippen LogP contribution in [-0.4, -0.2) is 10.1 Å². The SMILES string of the molecule is Cc1nc(CN[C@H](C)c2cccc(Br)c2)no1. The molecular formula is C12H14BrN3O. The Morgan fingerprint density at radius 3 is 2.94 bits per heavy atom. The molecule has 2 aromatic rings. The van der Waals surface area contributed by atoms with Gasteiger partial charge in [-0.25, -0.2) is 0 Å². The van der Waals surface area contributed by atoms with Crippen LogP contribution in [0.5, 0.6) is 0 Å². The minimum Gasteiger partial charge on any atom is -0.340 e. The monoisotopic (exact) mass is 295 g/mol. The third kappa shape index (κ3) is 3.38. The first-order valence-corrected chi connectivity index (χ1v) is 6.22. The summed E-state index contributed by atoms with van der Waals surface area (Å²) in [4.78, 5) is 4.14. The first kappa shape index (κ1) is 12.3. The van der Waals surface area contributed by atoms with E-state index in [-0.39, 0.29) is 6.04 Å². The number of rotatable bonds is 4. The summed E-state index contributed by atoms with van der Waals surface area (Å²) < 4.78 is 6.00. The molecule has 1 aromatic heterocycles. The molecule has 0 saturated carbocycles. The molecule has 0 aliphatic carbocycles. The number of benzene rings is 1. The zero-order valence-corrected chi connectivity index (χ0v) is 11.4. The Labute approximate surface area is 109 Å². The van der Waals surface area contributed by atoms with E-state index < -0.39 is 0 Å². The van der Waals surface area contributed by atoms with Gasteiger partial charge in [0.1, 0.15) is 0 Å². The first-order chi connectivity index (χ1) is 8.15. The lowest BCUT2D eigenvalue weighted by Gasteiger charge is -2.12. The van der Waals surface area contributed by atoms with Gasteiger partial charge in [0.15, 0.2) is 5.82 Å². The number of hydrogen-bond acceptors (Lipinski definition) is 4. The molecule has 1 aromatic carbocycles. The van der Waals surface area contributed by atoms with Crippen LogP contribution in [0.2, 0.25) is 0 Å². The van der Waals surface area contributed by atoms with Gasteiger partial charge in [0.2, 0.25) is 5.89 Å². The third-order valence-electron chi connectivity index (χ3n) is 2.48. The normalized spacial score (nSPS) is 12.6. The van der Waals surface area contributed by atoms with E-state index in [2.05, 4.69) is 50.4 Å². The molecule has 0 fully saturated rings. The molecule has 0 amide bonds. The molecule has 0 aliphatic heterocycles. The zero-order valence-electron chi connectivity index (χ0n) is 9.77. The fourth-order valence-electron chi connectivity index (χ4n) is 1.55. The lowest BCUT2D eigenvalue weighted by atomic mass is 10.1.